The molecule has 0 aliphatic carbocycles. The summed E-state index contributed by atoms with van der Waals surface area (Å²) >= 11 is 0. The fourth-order valence-corrected chi connectivity index (χ4v) is 3.42. The second kappa shape index (κ2) is 7.23. The van der Waals surface area contributed by atoms with Crippen LogP contribution in [0.15, 0.2) is 36.9 Å². The van der Waals surface area contributed by atoms with Gasteiger partial charge in [-0.3, -0.25) is 0 Å². The molecule has 2 aromatic heterocycles. The standard InChI is InChI=1S/C20H26N4O2/c1-13(2)17(20-22-7-9-23(20)4)24-10-8-21-19(24)15-11-14(3)12-16(25-5)18(15)26-6/h7-13,17H,1-6H3. The molecule has 0 aliphatic rings. The summed E-state index contributed by atoms with van der Waals surface area (Å²) in [4.78, 5) is 9.23. The van der Waals surface area contributed by atoms with Crippen LogP contribution in [-0.4, -0.2) is 33.3 Å². The number of methoxy groups -OCH3 is 2. The van der Waals surface area contributed by atoms with Gasteiger partial charge in [0.25, 0.3) is 0 Å². The van der Waals surface area contributed by atoms with Gasteiger partial charge in [-0.1, -0.05) is 13.8 Å². The van der Waals surface area contributed by atoms with E-state index >= 15 is 0 Å². The van der Waals surface area contributed by atoms with Crippen molar-refractivity contribution in [2.75, 3.05) is 14.2 Å². The van der Waals surface area contributed by atoms with Crippen molar-refractivity contribution >= 4 is 0 Å². The van der Waals surface area contributed by atoms with Gasteiger partial charge in [0, 0.05) is 31.8 Å². The van der Waals surface area contributed by atoms with Crippen molar-refractivity contribution in [2.45, 2.75) is 26.8 Å². The summed E-state index contributed by atoms with van der Waals surface area (Å²) in [5.41, 5.74) is 2.00. The summed E-state index contributed by atoms with van der Waals surface area (Å²) in [5.74, 6) is 3.56. The third-order valence-electron chi connectivity index (χ3n) is 4.59. The Morgan fingerprint density at radius 1 is 1.00 bits per heavy atom. The molecule has 0 saturated carbocycles. The highest BCUT2D eigenvalue weighted by atomic mass is 16.5. The summed E-state index contributed by atoms with van der Waals surface area (Å²) in [5, 5.41) is 0. The zero-order valence-electron chi connectivity index (χ0n) is 16.2. The van der Waals surface area contributed by atoms with Crippen LogP contribution >= 0.6 is 0 Å². The molecule has 3 rings (SSSR count). The van der Waals surface area contributed by atoms with Crippen LogP contribution < -0.4 is 9.47 Å². The van der Waals surface area contributed by atoms with Gasteiger partial charge in [-0.15, -0.1) is 0 Å². The number of imidazole rings is 2. The fraction of sp³-hybridized carbons (Fsp3) is 0.400. The van der Waals surface area contributed by atoms with Crippen molar-refractivity contribution in [2.24, 2.45) is 13.0 Å². The van der Waals surface area contributed by atoms with E-state index in [4.69, 9.17) is 9.47 Å². The monoisotopic (exact) mass is 354 g/mol. The van der Waals surface area contributed by atoms with Gasteiger partial charge in [-0.05, 0) is 30.5 Å². The normalized spacial score (nSPS) is 12.4. The van der Waals surface area contributed by atoms with Crippen LogP contribution in [0.3, 0.4) is 0 Å². The molecule has 1 unspecified atom stereocenters. The van der Waals surface area contributed by atoms with Gasteiger partial charge in [0.15, 0.2) is 11.5 Å². The molecular formula is C20H26N4O2. The first kappa shape index (κ1) is 18.0. The molecule has 0 saturated heterocycles. The highest BCUT2D eigenvalue weighted by Gasteiger charge is 2.26. The minimum Gasteiger partial charge on any atom is -0.493 e. The maximum atomic E-state index is 5.66. The SMILES string of the molecule is COc1cc(C)cc(-c2nccn2C(c2nccn2C)C(C)C)c1OC. The summed E-state index contributed by atoms with van der Waals surface area (Å²) in [6.07, 6.45) is 7.63. The van der Waals surface area contributed by atoms with Crippen molar-refractivity contribution in [1.29, 1.82) is 0 Å². The molecule has 26 heavy (non-hydrogen) atoms. The van der Waals surface area contributed by atoms with Crippen molar-refractivity contribution < 1.29 is 9.47 Å². The molecule has 3 aromatic rings. The first-order valence-corrected chi connectivity index (χ1v) is 8.71. The average molecular weight is 354 g/mol. The third-order valence-corrected chi connectivity index (χ3v) is 4.59. The Balaban J connectivity index is 2.21. The van der Waals surface area contributed by atoms with Crippen molar-refractivity contribution in [3.63, 3.8) is 0 Å². The predicted octanol–water partition coefficient (Wildman–Crippen LogP) is 3.85. The molecular weight excluding hydrogens is 328 g/mol. The smallest absolute Gasteiger partial charge is 0.171 e. The Labute approximate surface area is 154 Å². The molecule has 6 heteroatoms. The van der Waals surface area contributed by atoms with Gasteiger partial charge in [-0.2, -0.15) is 0 Å². The molecule has 0 N–H and O–H groups in total. The fourth-order valence-electron chi connectivity index (χ4n) is 3.42. The maximum Gasteiger partial charge on any atom is 0.171 e. The third kappa shape index (κ3) is 3.07. The van der Waals surface area contributed by atoms with Crippen LogP contribution in [0.25, 0.3) is 11.4 Å². The Hall–Kier alpha value is -2.76. The van der Waals surface area contributed by atoms with E-state index in [1.165, 1.54) is 0 Å². The molecule has 2 heterocycles. The number of benzene rings is 1. The van der Waals surface area contributed by atoms with E-state index in [0.29, 0.717) is 17.4 Å². The highest BCUT2D eigenvalue weighted by Crippen LogP contribution is 2.40. The van der Waals surface area contributed by atoms with Crippen LogP contribution in [-0.2, 0) is 7.05 Å². The van der Waals surface area contributed by atoms with E-state index in [-0.39, 0.29) is 6.04 Å². The van der Waals surface area contributed by atoms with Gasteiger partial charge < -0.3 is 18.6 Å². The van der Waals surface area contributed by atoms with Gasteiger partial charge in [0.05, 0.1) is 25.8 Å². The Morgan fingerprint density at radius 2 is 1.73 bits per heavy atom. The molecule has 1 aromatic carbocycles. The summed E-state index contributed by atoms with van der Waals surface area (Å²) < 4.78 is 15.4. The summed E-state index contributed by atoms with van der Waals surface area (Å²) in [7, 11) is 5.32. The molecule has 6 nitrogen and oxygen atoms in total. The molecule has 0 bridgehead atoms. The number of rotatable bonds is 6. The molecule has 0 aliphatic heterocycles. The van der Waals surface area contributed by atoms with E-state index in [1.54, 1.807) is 14.2 Å². The maximum absolute atomic E-state index is 5.66. The first-order chi connectivity index (χ1) is 12.5. The molecule has 1 atom stereocenters. The van der Waals surface area contributed by atoms with Crippen LogP contribution in [0.4, 0.5) is 0 Å². The van der Waals surface area contributed by atoms with E-state index in [2.05, 4.69) is 39.0 Å². The highest BCUT2D eigenvalue weighted by molar-refractivity contribution is 5.70. The van der Waals surface area contributed by atoms with Gasteiger partial charge in [0.1, 0.15) is 11.6 Å². The van der Waals surface area contributed by atoms with Crippen molar-refractivity contribution in [1.82, 2.24) is 19.1 Å². The zero-order valence-corrected chi connectivity index (χ0v) is 16.2. The lowest BCUT2D eigenvalue weighted by molar-refractivity contribution is 0.355. The van der Waals surface area contributed by atoms with Gasteiger partial charge in [0.2, 0.25) is 0 Å². The van der Waals surface area contributed by atoms with E-state index < -0.39 is 0 Å². The van der Waals surface area contributed by atoms with Crippen LogP contribution in [0.1, 0.15) is 31.3 Å². The van der Waals surface area contributed by atoms with Crippen molar-refractivity contribution in [3.8, 4) is 22.9 Å². The number of aryl methyl sites for hydroxylation is 2. The second-order valence-electron chi connectivity index (χ2n) is 6.79. The van der Waals surface area contributed by atoms with E-state index in [9.17, 15) is 0 Å². The van der Waals surface area contributed by atoms with Crippen LogP contribution in [0.5, 0.6) is 11.5 Å². The Bertz CT molecular complexity index is 895. The molecule has 0 fully saturated rings. The topological polar surface area (TPSA) is 54.1 Å². The average Bonchev–Trinajstić information content (AvgIpc) is 3.24. The number of aromatic nitrogens is 4. The van der Waals surface area contributed by atoms with E-state index in [1.807, 2.05) is 44.8 Å². The lowest BCUT2D eigenvalue weighted by atomic mass is 10.0. The van der Waals surface area contributed by atoms with E-state index in [0.717, 1.165) is 22.8 Å². The van der Waals surface area contributed by atoms with Crippen molar-refractivity contribution in [3.05, 3.63) is 48.3 Å². The summed E-state index contributed by atoms with van der Waals surface area (Å²) in [6.45, 7) is 6.42. The molecule has 138 valence electrons. The van der Waals surface area contributed by atoms with Crippen LogP contribution in [0.2, 0.25) is 0 Å². The lowest BCUT2D eigenvalue weighted by Crippen LogP contribution is -2.21. The minimum absolute atomic E-state index is 0.0590. The number of hydrogen-bond donors (Lipinski definition) is 0. The minimum atomic E-state index is 0.0590. The Kier molecular flexibility index (Phi) is 5.02. The number of hydrogen-bond acceptors (Lipinski definition) is 4. The second-order valence-corrected chi connectivity index (χ2v) is 6.79. The zero-order chi connectivity index (χ0) is 18.8. The van der Waals surface area contributed by atoms with Gasteiger partial charge in [-0.25, -0.2) is 9.97 Å². The Morgan fingerprint density at radius 3 is 2.31 bits per heavy atom. The first-order valence-electron chi connectivity index (χ1n) is 8.71. The largest absolute Gasteiger partial charge is 0.493 e. The molecule has 0 amide bonds. The predicted molar refractivity (Wildman–Crippen MR) is 102 cm³/mol. The van der Waals surface area contributed by atoms with Crippen LogP contribution in [0, 0.1) is 12.8 Å². The number of nitrogens with zero attached hydrogens (tertiary/aromatic N) is 4. The molecule has 0 radical (unpaired) electrons. The van der Waals surface area contributed by atoms with Gasteiger partial charge >= 0.3 is 0 Å². The molecule has 0 spiro atoms. The lowest BCUT2D eigenvalue weighted by Gasteiger charge is -2.25. The quantitative estimate of drug-likeness (QED) is 0.675. The summed E-state index contributed by atoms with van der Waals surface area (Å²) in [6, 6.07) is 4.10. The number of ether oxygens (including phenoxy) is 2.